The van der Waals surface area contributed by atoms with Crippen LogP contribution in [-0.2, 0) is 17.9 Å². The zero-order chi connectivity index (χ0) is 11.9. The van der Waals surface area contributed by atoms with E-state index in [0.29, 0.717) is 0 Å². The predicted molar refractivity (Wildman–Crippen MR) is 73.3 cm³/mol. The summed E-state index contributed by atoms with van der Waals surface area (Å²) in [7, 11) is 1.99. The topological polar surface area (TPSA) is 21.3 Å². The minimum Gasteiger partial charge on any atom is -0.376 e. The van der Waals surface area contributed by atoms with E-state index in [2.05, 4.69) is 17.4 Å². The van der Waals surface area contributed by atoms with Gasteiger partial charge in [0.25, 0.3) is 0 Å². The molecule has 0 amide bonds. The van der Waals surface area contributed by atoms with E-state index in [0.717, 1.165) is 25.7 Å². The molecular formula is C14H23NOS. The van der Waals surface area contributed by atoms with Crippen LogP contribution < -0.4 is 5.32 Å². The first kappa shape index (κ1) is 13.1. The second-order valence-corrected chi connectivity index (χ2v) is 6.17. The highest BCUT2D eigenvalue weighted by Crippen LogP contribution is 2.24. The Morgan fingerprint density at radius 1 is 1.24 bits per heavy atom. The minimum atomic E-state index is 0.797. The molecule has 0 bridgehead atoms. The smallest absolute Gasteiger partial charge is 0.0809 e. The van der Waals surface area contributed by atoms with E-state index in [-0.39, 0.29) is 0 Å². The maximum absolute atomic E-state index is 5.84. The van der Waals surface area contributed by atoms with Gasteiger partial charge in [0.1, 0.15) is 0 Å². The predicted octanol–water partition coefficient (Wildman–Crippen LogP) is 3.56. The molecule has 0 unspecified atom stereocenters. The lowest BCUT2D eigenvalue weighted by Gasteiger charge is -2.21. The molecule has 2 rings (SSSR count). The summed E-state index contributed by atoms with van der Waals surface area (Å²) >= 11 is 1.86. The SMILES string of the molecule is CNCc1ccc(COCC2CCCCC2)s1. The van der Waals surface area contributed by atoms with E-state index in [1.165, 1.54) is 41.9 Å². The van der Waals surface area contributed by atoms with Crippen molar-refractivity contribution in [2.75, 3.05) is 13.7 Å². The van der Waals surface area contributed by atoms with Crippen LogP contribution in [0.5, 0.6) is 0 Å². The van der Waals surface area contributed by atoms with Crippen molar-refractivity contribution in [3.05, 3.63) is 21.9 Å². The molecule has 1 heterocycles. The summed E-state index contributed by atoms with van der Waals surface area (Å²) in [5.74, 6) is 0.820. The molecule has 1 fully saturated rings. The molecule has 0 atom stereocenters. The lowest BCUT2D eigenvalue weighted by molar-refractivity contribution is 0.0755. The molecule has 1 N–H and O–H groups in total. The standard InChI is InChI=1S/C14H23NOS/c1-15-9-13-7-8-14(17-13)11-16-10-12-5-3-2-4-6-12/h7-8,12,15H,2-6,9-11H2,1H3. The number of rotatable bonds is 6. The Bertz CT molecular complexity index is 318. The third-order valence-electron chi connectivity index (χ3n) is 3.39. The van der Waals surface area contributed by atoms with Crippen molar-refractivity contribution < 1.29 is 4.74 Å². The Hall–Kier alpha value is -0.380. The normalized spacial score (nSPS) is 17.5. The van der Waals surface area contributed by atoms with Crippen molar-refractivity contribution in [3.63, 3.8) is 0 Å². The van der Waals surface area contributed by atoms with Gasteiger partial charge in [0, 0.05) is 22.9 Å². The highest BCUT2D eigenvalue weighted by atomic mass is 32.1. The van der Waals surface area contributed by atoms with E-state index in [4.69, 9.17) is 4.74 Å². The molecule has 2 nitrogen and oxygen atoms in total. The van der Waals surface area contributed by atoms with Gasteiger partial charge in [0.2, 0.25) is 0 Å². The molecule has 0 aromatic carbocycles. The van der Waals surface area contributed by atoms with Gasteiger partial charge >= 0.3 is 0 Å². The van der Waals surface area contributed by atoms with Crippen LogP contribution in [0.2, 0.25) is 0 Å². The maximum Gasteiger partial charge on any atom is 0.0809 e. The summed E-state index contributed by atoms with van der Waals surface area (Å²) in [5.41, 5.74) is 0. The lowest BCUT2D eigenvalue weighted by atomic mass is 9.90. The molecule has 0 spiro atoms. The average Bonchev–Trinajstić information content (AvgIpc) is 2.79. The molecule has 1 aliphatic rings. The van der Waals surface area contributed by atoms with Crippen LogP contribution in [0.4, 0.5) is 0 Å². The fourth-order valence-electron chi connectivity index (χ4n) is 2.45. The number of hydrogen-bond donors (Lipinski definition) is 1. The van der Waals surface area contributed by atoms with Crippen LogP contribution >= 0.6 is 11.3 Å². The van der Waals surface area contributed by atoms with E-state index in [1.807, 2.05) is 18.4 Å². The molecule has 1 saturated carbocycles. The Morgan fingerprint density at radius 3 is 2.76 bits per heavy atom. The Morgan fingerprint density at radius 2 is 2.00 bits per heavy atom. The minimum absolute atomic E-state index is 0.797. The van der Waals surface area contributed by atoms with Gasteiger partial charge in [-0.1, -0.05) is 19.3 Å². The largest absolute Gasteiger partial charge is 0.376 e. The third kappa shape index (κ3) is 4.41. The van der Waals surface area contributed by atoms with Gasteiger partial charge in [-0.3, -0.25) is 0 Å². The molecule has 0 radical (unpaired) electrons. The van der Waals surface area contributed by atoms with Gasteiger partial charge in [0.15, 0.2) is 0 Å². The van der Waals surface area contributed by atoms with Crippen molar-refractivity contribution in [2.45, 2.75) is 45.3 Å². The second-order valence-electron chi connectivity index (χ2n) is 4.92. The van der Waals surface area contributed by atoms with Crippen molar-refractivity contribution in [3.8, 4) is 0 Å². The zero-order valence-corrected chi connectivity index (χ0v) is 11.5. The van der Waals surface area contributed by atoms with Crippen LogP contribution in [0, 0.1) is 5.92 Å². The fraction of sp³-hybridized carbons (Fsp3) is 0.714. The monoisotopic (exact) mass is 253 g/mol. The molecule has 3 heteroatoms. The molecule has 17 heavy (non-hydrogen) atoms. The summed E-state index contributed by atoms with van der Waals surface area (Å²) in [6, 6.07) is 4.39. The summed E-state index contributed by atoms with van der Waals surface area (Å²) in [5, 5.41) is 3.17. The first-order valence-electron chi connectivity index (χ1n) is 6.68. The summed E-state index contributed by atoms with van der Waals surface area (Å²) in [4.78, 5) is 2.75. The molecule has 96 valence electrons. The highest BCUT2D eigenvalue weighted by molar-refractivity contribution is 7.11. The van der Waals surface area contributed by atoms with Gasteiger partial charge in [0.05, 0.1) is 6.61 Å². The number of thiophene rings is 1. The van der Waals surface area contributed by atoms with Crippen molar-refractivity contribution in [2.24, 2.45) is 5.92 Å². The first-order valence-corrected chi connectivity index (χ1v) is 7.50. The Labute approximate surface area is 108 Å². The van der Waals surface area contributed by atoms with Crippen molar-refractivity contribution >= 4 is 11.3 Å². The van der Waals surface area contributed by atoms with Crippen LogP contribution in [0.25, 0.3) is 0 Å². The van der Waals surface area contributed by atoms with E-state index in [9.17, 15) is 0 Å². The number of hydrogen-bond acceptors (Lipinski definition) is 3. The zero-order valence-electron chi connectivity index (χ0n) is 10.7. The van der Waals surface area contributed by atoms with Crippen LogP contribution in [0.3, 0.4) is 0 Å². The van der Waals surface area contributed by atoms with Crippen LogP contribution in [0.1, 0.15) is 41.9 Å². The van der Waals surface area contributed by atoms with Crippen molar-refractivity contribution in [1.29, 1.82) is 0 Å². The van der Waals surface area contributed by atoms with E-state index >= 15 is 0 Å². The van der Waals surface area contributed by atoms with Gasteiger partial charge in [-0.05, 0) is 37.9 Å². The Balaban J connectivity index is 1.66. The van der Waals surface area contributed by atoms with Gasteiger partial charge in [-0.25, -0.2) is 0 Å². The quantitative estimate of drug-likeness (QED) is 0.837. The summed E-state index contributed by atoms with van der Waals surface area (Å²) < 4.78 is 5.84. The average molecular weight is 253 g/mol. The highest BCUT2D eigenvalue weighted by Gasteiger charge is 2.13. The summed E-state index contributed by atoms with van der Waals surface area (Å²) in [6.07, 6.45) is 6.97. The summed E-state index contributed by atoms with van der Waals surface area (Å²) in [6.45, 7) is 2.72. The lowest BCUT2D eigenvalue weighted by Crippen LogP contribution is -2.12. The van der Waals surface area contributed by atoms with E-state index < -0.39 is 0 Å². The van der Waals surface area contributed by atoms with E-state index in [1.54, 1.807) is 0 Å². The Kier molecular flexibility index (Phi) is 5.49. The second kappa shape index (κ2) is 7.14. The first-order chi connectivity index (χ1) is 8.38. The van der Waals surface area contributed by atoms with Gasteiger partial charge in [-0.15, -0.1) is 11.3 Å². The van der Waals surface area contributed by atoms with Crippen molar-refractivity contribution in [1.82, 2.24) is 5.32 Å². The molecular weight excluding hydrogens is 230 g/mol. The maximum atomic E-state index is 5.84. The molecule has 0 saturated heterocycles. The van der Waals surface area contributed by atoms with Gasteiger partial charge < -0.3 is 10.1 Å². The van der Waals surface area contributed by atoms with Crippen LogP contribution in [0.15, 0.2) is 12.1 Å². The molecule has 1 aromatic rings. The number of nitrogens with one attached hydrogen (secondary N) is 1. The van der Waals surface area contributed by atoms with Crippen LogP contribution in [-0.4, -0.2) is 13.7 Å². The molecule has 1 aromatic heterocycles. The molecule has 1 aliphatic carbocycles. The fourth-order valence-corrected chi connectivity index (χ4v) is 3.42. The van der Waals surface area contributed by atoms with Gasteiger partial charge in [-0.2, -0.15) is 0 Å². The molecule has 0 aliphatic heterocycles. The third-order valence-corrected chi connectivity index (χ3v) is 4.45. The number of ether oxygens (including phenoxy) is 1.